The number of rotatable bonds is 3. The Kier molecular flexibility index (Phi) is 2.81. The minimum Gasteiger partial charge on any atom is -0.369 e. The second-order valence-electron chi connectivity index (χ2n) is 3.59. The van der Waals surface area contributed by atoms with Crippen molar-refractivity contribution in [3.8, 4) is 0 Å². The average molecular weight is 250 g/mol. The van der Waals surface area contributed by atoms with Crippen LogP contribution in [-0.2, 0) is 14.6 Å². The fourth-order valence-electron chi connectivity index (χ4n) is 1.49. The van der Waals surface area contributed by atoms with Gasteiger partial charge in [-0.2, -0.15) is 0 Å². The highest BCUT2D eigenvalue weighted by Crippen LogP contribution is 2.17. The van der Waals surface area contributed by atoms with Crippen molar-refractivity contribution >= 4 is 26.6 Å². The summed E-state index contributed by atoms with van der Waals surface area (Å²) in [7, 11) is -3.69. The van der Waals surface area contributed by atoms with Crippen molar-refractivity contribution in [1.82, 2.24) is 4.98 Å². The van der Waals surface area contributed by atoms with E-state index in [9.17, 15) is 13.2 Å². The molecule has 0 saturated heterocycles. The number of sulfone groups is 1. The third kappa shape index (κ3) is 2.42. The zero-order valence-corrected chi connectivity index (χ0v) is 9.65. The van der Waals surface area contributed by atoms with Crippen LogP contribution in [0.2, 0.25) is 0 Å². The van der Waals surface area contributed by atoms with Gasteiger partial charge in [-0.1, -0.05) is 18.2 Å². The number of aromatic nitrogens is 1. The molecule has 1 heterocycles. The lowest BCUT2D eigenvalue weighted by Crippen LogP contribution is -2.23. The molecule has 1 aromatic heterocycles. The number of hydrogen-bond acceptors (Lipinski definition) is 4. The normalized spacial score (nSPS) is 11.5. The van der Waals surface area contributed by atoms with Crippen LogP contribution < -0.4 is 5.73 Å². The highest BCUT2D eigenvalue weighted by molar-refractivity contribution is 7.92. The lowest BCUT2D eigenvalue weighted by Gasteiger charge is -2.03. The monoisotopic (exact) mass is 250 g/mol. The molecule has 0 unspecified atom stereocenters. The summed E-state index contributed by atoms with van der Waals surface area (Å²) in [6, 6.07) is 8.62. The van der Waals surface area contributed by atoms with Crippen LogP contribution in [0.25, 0.3) is 10.9 Å². The number of carbonyl (C=O) groups excluding carboxylic acids is 1. The van der Waals surface area contributed by atoms with Gasteiger partial charge >= 0.3 is 0 Å². The molecule has 2 N–H and O–H groups in total. The van der Waals surface area contributed by atoms with Crippen LogP contribution >= 0.6 is 0 Å². The number of carbonyl (C=O) groups is 1. The highest BCUT2D eigenvalue weighted by atomic mass is 32.2. The summed E-state index contributed by atoms with van der Waals surface area (Å²) in [5, 5.41) is 0.707. The molecule has 88 valence electrons. The van der Waals surface area contributed by atoms with Gasteiger partial charge in [0.2, 0.25) is 5.91 Å². The molecule has 1 aromatic carbocycles. The van der Waals surface area contributed by atoms with E-state index >= 15 is 0 Å². The smallest absolute Gasteiger partial charge is 0.233 e. The molecule has 0 saturated carbocycles. The van der Waals surface area contributed by atoms with Crippen molar-refractivity contribution in [2.24, 2.45) is 5.73 Å². The molecular formula is C11H10N2O3S. The van der Waals surface area contributed by atoms with Crippen molar-refractivity contribution in [3.63, 3.8) is 0 Å². The predicted octanol–water partition coefficient (Wildman–Crippen LogP) is 0.494. The van der Waals surface area contributed by atoms with Gasteiger partial charge in [0.1, 0.15) is 5.75 Å². The van der Waals surface area contributed by atoms with Crippen molar-refractivity contribution in [1.29, 1.82) is 0 Å². The van der Waals surface area contributed by atoms with E-state index in [0.29, 0.717) is 10.9 Å². The Morgan fingerprint density at radius 1 is 1.29 bits per heavy atom. The maximum atomic E-state index is 11.7. The van der Waals surface area contributed by atoms with Crippen LogP contribution in [-0.4, -0.2) is 25.1 Å². The van der Waals surface area contributed by atoms with Crippen LogP contribution in [0.4, 0.5) is 0 Å². The summed E-state index contributed by atoms with van der Waals surface area (Å²) in [4.78, 5) is 14.7. The average Bonchev–Trinajstić information content (AvgIpc) is 2.26. The Morgan fingerprint density at radius 2 is 2.00 bits per heavy atom. The number of pyridine rings is 1. The van der Waals surface area contributed by atoms with Crippen LogP contribution in [0.15, 0.2) is 41.4 Å². The summed E-state index contributed by atoms with van der Waals surface area (Å²) >= 11 is 0. The van der Waals surface area contributed by atoms with Gasteiger partial charge in [-0.05, 0) is 12.1 Å². The first-order valence-corrected chi connectivity index (χ1v) is 6.50. The van der Waals surface area contributed by atoms with E-state index in [1.165, 1.54) is 12.3 Å². The molecule has 0 aliphatic rings. The second-order valence-corrected chi connectivity index (χ2v) is 5.58. The molecule has 5 nitrogen and oxygen atoms in total. The third-order valence-corrected chi connectivity index (χ3v) is 3.86. The molecule has 0 spiro atoms. The van der Waals surface area contributed by atoms with E-state index in [-0.39, 0.29) is 4.90 Å². The van der Waals surface area contributed by atoms with E-state index in [4.69, 9.17) is 5.73 Å². The Hall–Kier alpha value is -1.95. The first kappa shape index (κ1) is 11.5. The molecule has 1 amide bonds. The molecule has 0 atom stereocenters. The van der Waals surface area contributed by atoms with Crippen LogP contribution in [0, 0.1) is 0 Å². The Morgan fingerprint density at radius 3 is 2.71 bits per heavy atom. The molecule has 6 heteroatoms. The number of nitrogens with zero attached hydrogens (tertiary/aromatic N) is 1. The minimum absolute atomic E-state index is 0.00926. The Balaban J connectivity index is 2.53. The molecule has 0 aliphatic heterocycles. The minimum atomic E-state index is -3.69. The van der Waals surface area contributed by atoms with Gasteiger partial charge in [-0.15, -0.1) is 0 Å². The standard InChI is InChI=1S/C11H10N2O3S/c12-11(14)7-17(15,16)9-5-8-3-1-2-4-10(8)13-6-9/h1-6H,7H2,(H2,12,14). The first-order chi connectivity index (χ1) is 7.99. The number of amides is 1. The zero-order chi connectivity index (χ0) is 12.5. The Labute approximate surface area is 98.2 Å². The van der Waals surface area contributed by atoms with Gasteiger partial charge in [0.15, 0.2) is 9.84 Å². The molecular weight excluding hydrogens is 240 g/mol. The summed E-state index contributed by atoms with van der Waals surface area (Å²) in [5.74, 6) is -1.58. The quantitative estimate of drug-likeness (QED) is 0.858. The van der Waals surface area contributed by atoms with Crippen LogP contribution in [0.3, 0.4) is 0 Å². The fourth-order valence-corrected chi connectivity index (χ4v) is 2.55. The summed E-state index contributed by atoms with van der Waals surface area (Å²) in [6.07, 6.45) is 1.24. The van der Waals surface area contributed by atoms with Crippen LogP contribution in [0.5, 0.6) is 0 Å². The third-order valence-electron chi connectivity index (χ3n) is 2.26. The predicted molar refractivity (Wildman–Crippen MR) is 63.0 cm³/mol. The fraction of sp³-hybridized carbons (Fsp3) is 0.0909. The number of fused-ring (bicyclic) bond motifs is 1. The van der Waals surface area contributed by atoms with E-state index in [1.54, 1.807) is 18.2 Å². The van der Waals surface area contributed by atoms with Gasteiger partial charge in [0.25, 0.3) is 0 Å². The maximum Gasteiger partial charge on any atom is 0.233 e. The number of nitrogens with two attached hydrogens (primary N) is 1. The molecule has 0 aliphatic carbocycles. The van der Waals surface area contributed by atoms with E-state index in [0.717, 1.165) is 0 Å². The summed E-state index contributed by atoms with van der Waals surface area (Å²) < 4.78 is 23.5. The van der Waals surface area contributed by atoms with E-state index < -0.39 is 21.5 Å². The number of para-hydroxylation sites is 1. The van der Waals surface area contributed by atoms with Gasteiger partial charge in [0.05, 0.1) is 10.4 Å². The zero-order valence-electron chi connectivity index (χ0n) is 8.83. The van der Waals surface area contributed by atoms with E-state index in [1.807, 2.05) is 6.07 Å². The summed E-state index contributed by atoms with van der Waals surface area (Å²) in [5.41, 5.74) is 5.59. The molecule has 0 fully saturated rings. The highest BCUT2D eigenvalue weighted by Gasteiger charge is 2.18. The molecule has 0 radical (unpaired) electrons. The van der Waals surface area contributed by atoms with Gasteiger partial charge in [-0.3, -0.25) is 9.78 Å². The number of primary amides is 1. The number of benzene rings is 1. The van der Waals surface area contributed by atoms with E-state index in [2.05, 4.69) is 4.98 Å². The Bertz CT molecular complexity index is 680. The lowest BCUT2D eigenvalue weighted by atomic mass is 10.2. The lowest BCUT2D eigenvalue weighted by molar-refractivity contribution is -0.115. The van der Waals surface area contributed by atoms with Crippen molar-refractivity contribution in [2.75, 3.05) is 5.75 Å². The topological polar surface area (TPSA) is 90.1 Å². The SMILES string of the molecule is NC(=O)CS(=O)(=O)c1cnc2ccccc2c1. The molecule has 0 bridgehead atoms. The van der Waals surface area contributed by atoms with Gasteiger partial charge < -0.3 is 5.73 Å². The van der Waals surface area contributed by atoms with Gasteiger partial charge in [-0.25, -0.2) is 8.42 Å². The van der Waals surface area contributed by atoms with Crippen molar-refractivity contribution < 1.29 is 13.2 Å². The van der Waals surface area contributed by atoms with Crippen LogP contribution in [0.1, 0.15) is 0 Å². The second kappa shape index (κ2) is 4.14. The summed E-state index contributed by atoms with van der Waals surface area (Å²) in [6.45, 7) is 0. The van der Waals surface area contributed by atoms with Crippen molar-refractivity contribution in [2.45, 2.75) is 4.90 Å². The molecule has 17 heavy (non-hydrogen) atoms. The maximum absolute atomic E-state index is 11.7. The van der Waals surface area contributed by atoms with Gasteiger partial charge in [0, 0.05) is 11.6 Å². The van der Waals surface area contributed by atoms with Crippen molar-refractivity contribution in [3.05, 3.63) is 36.5 Å². The largest absolute Gasteiger partial charge is 0.369 e. The molecule has 2 rings (SSSR count). The first-order valence-electron chi connectivity index (χ1n) is 4.85. The molecule has 2 aromatic rings. The number of hydrogen-bond donors (Lipinski definition) is 1.